The van der Waals surface area contributed by atoms with Gasteiger partial charge in [-0.25, -0.2) is 4.79 Å². The fraction of sp³-hybridized carbons (Fsp3) is 0.558. The van der Waals surface area contributed by atoms with Crippen molar-refractivity contribution in [2.75, 3.05) is 31.6 Å². The Morgan fingerprint density at radius 2 is 1.14 bits per heavy atom. The first-order chi connectivity index (χ1) is 36.6. The Morgan fingerprint density at radius 1 is 0.636 bits per heavy atom. The molecule has 0 radical (unpaired) electrons. The number of rotatable bonds is 35. The average Bonchev–Trinajstić information content (AvgIpc) is 3.89. The lowest BCUT2D eigenvalue weighted by Crippen LogP contribution is -2.60. The lowest BCUT2D eigenvalue weighted by Gasteiger charge is -2.30. The highest BCUT2D eigenvalue weighted by molar-refractivity contribution is 7.98. The van der Waals surface area contributed by atoms with Gasteiger partial charge in [-0.3, -0.25) is 47.9 Å². The van der Waals surface area contributed by atoms with Crippen molar-refractivity contribution >= 4 is 76.8 Å². The third-order valence-electron chi connectivity index (χ3n) is 12.6. The summed E-state index contributed by atoms with van der Waals surface area (Å²) in [4.78, 5) is 148. The Bertz CT molecular complexity index is 2310. The number of carboxylic acids is 1. The van der Waals surface area contributed by atoms with E-state index in [1.54, 1.807) is 74.5 Å². The van der Waals surface area contributed by atoms with Crippen LogP contribution in [0.2, 0.25) is 0 Å². The molecule has 0 aliphatic carbocycles. The van der Waals surface area contributed by atoms with E-state index in [-0.39, 0.29) is 51.0 Å². The zero-order valence-corrected chi connectivity index (χ0v) is 44.9. The Labute approximate surface area is 453 Å². The molecule has 0 bridgehead atoms. The second-order valence-electron chi connectivity index (χ2n) is 19.4. The predicted octanol–water partition coefficient (Wildman–Crippen LogP) is -1.64. The fourth-order valence-electron chi connectivity index (χ4n) is 8.45. The minimum Gasteiger partial charge on any atom is -0.480 e. The summed E-state index contributed by atoms with van der Waals surface area (Å²) in [6.07, 6.45) is 2.39. The smallest absolute Gasteiger partial charge is 0.326 e. The molecule has 3 rings (SSSR count). The van der Waals surface area contributed by atoms with Crippen LogP contribution in [0.3, 0.4) is 0 Å². The van der Waals surface area contributed by atoms with Gasteiger partial charge in [0, 0.05) is 32.2 Å². The van der Waals surface area contributed by atoms with Gasteiger partial charge >= 0.3 is 5.97 Å². The Hall–Kier alpha value is -7.12. The summed E-state index contributed by atoms with van der Waals surface area (Å²) in [7, 11) is 0. The zero-order valence-electron chi connectivity index (χ0n) is 44.1. The molecule has 424 valence electrons. The number of primary amides is 2. The molecule has 24 nitrogen and oxygen atoms in total. The molecular formula is C52H78N12O12S. The van der Waals surface area contributed by atoms with Gasteiger partial charge in [0.2, 0.25) is 59.1 Å². The maximum absolute atomic E-state index is 14.4. The quantitative estimate of drug-likeness (QED) is 0.0345. The van der Waals surface area contributed by atoms with E-state index in [0.717, 1.165) is 0 Å². The maximum Gasteiger partial charge on any atom is 0.326 e. The number of nitrogens with two attached hydrogens (primary N) is 4. The normalized spacial score (nSPS) is 15.8. The molecule has 1 aliphatic heterocycles. The highest BCUT2D eigenvalue weighted by atomic mass is 32.2. The van der Waals surface area contributed by atoms with E-state index in [1.165, 1.54) is 16.7 Å². The molecule has 10 amide bonds. The number of nitrogens with zero attached hydrogens (tertiary/aromatic N) is 1. The van der Waals surface area contributed by atoms with Crippen molar-refractivity contribution in [3.8, 4) is 0 Å². The second kappa shape index (κ2) is 33.8. The van der Waals surface area contributed by atoms with Gasteiger partial charge in [-0.05, 0) is 93.4 Å². The highest BCUT2D eigenvalue weighted by Crippen LogP contribution is 2.21. The molecule has 1 heterocycles. The van der Waals surface area contributed by atoms with Crippen LogP contribution in [0, 0.1) is 5.92 Å². The van der Waals surface area contributed by atoms with Crippen LogP contribution in [0.25, 0.3) is 0 Å². The van der Waals surface area contributed by atoms with Gasteiger partial charge in [-0.15, -0.1) is 0 Å². The molecule has 8 atom stereocenters. The molecular weight excluding hydrogens is 1020 g/mol. The van der Waals surface area contributed by atoms with E-state index < -0.39 is 139 Å². The largest absolute Gasteiger partial charge is 0.480 e. The standard InChI is InChI=1S/C52H78N12O12S/c1-31(2)27-40(52(75)76)58-44(67)30-57-46(69)38(28-32-13-6-4-7-14-32)62-49(72)39(29-33-15-8-5-9-16-33)63-48(71)35(19-21-42(55)65)59-47(70)36(20-22-43(56)66)60-50(73)41-18-12-25-64(41)51(74)37(17-10-11-24-53)61-45(68)34(54)23-26-77-3/h4-9,13-16,31,34-41H,10-12,17-30,53-54H2,1-3H3,(H2,55,65)(H2,56,66)(H,57,69)(H,58,67)(H,59,70)(H,60,73)(H,61,68)(H,62,72)(H,63,71)(H,75,76). The van der Waals surface area contributed by atoms with Gasteiger partial charge < -0.3 is 70.2 Å². The molecule has 2 aromatic rings. The number of aliphatic carboxylic acids is 1. The minimum absolute atomic E-state index is 0.0682. The lowest BCUT2D eigenvalue weighted by molar-refractivity contribution is -0.142. The summed E-state index contributed by atoms with van der Waals surface area (Å²) < 4.78 is 0. The number of unbranched alkanes of at least 4 members (excludes halogenated alkanes) is 1. The molecule has 0 aromatic heterocycles. The Balaban J connectivity index is 1.90. The van der Waals surface area contributed by atoms with Crippen LogP contribution in [0.1, 0.15) is 95.6 Å². The number of likely N-dealkylation sites (tertiary alicyclic amines) is 1. The van der Waals surface area contributed by atoms with Crippen molar-refractivity contribution in [2.24, 2.45) is 28.9 Å². The molecule has 1 fully saturated rings. The third kappa shape index (κ3) is 23.3. The first-order valence-corrected chi connectivity index (χ1v) is 27.2. The number of thioether (sulfide) groups is 1. The van der Waals surface area contributed by atoms with E-state index >= 15 is 0 Å². The number of carbonyl (C=O) groups is 11. The number of hydrogen-bond donors (Lipinski definition) is 12. The van der Waals surface area contributed by atoms with Gasteiger partial charge in [-0.1, -0.05) is 74.5 Å². The number of benzene rings is 2. The van der Waals surface area contributed by atoms with E-state index in [4.69, 9.17) is 22.9 Å². The zero-order chi connectivity index (χ0) is 57.0. The molecule has 1 aliphatic rings. The van der Waals surface area contributed by atoms with Gasteiger partial charge in [-0.2, -0.15) is 11.8 Å². The van der Waals surface area contributed by atoms with Gasteiger partial charge in [0.15, 0.2) is 0 Å². The van der Waals surface area contributed by atoms with Crippen molar-refractivity contribution in [3.05, 3.63) is 71.8 Å². The number of hydrogen-bond acceptors (Lipinski definition) is 14. The summed E-state index contributed by atoms with van der Waals surface area (Å²) in [6, 6.07) is 6.91. The summed E-state index contributed by atoms with van der Waals surface area (Å²) in [5.41, 5.74) is 23.9. The average molecular weight is 1100 g/mol. The van der Waals surface area contributed by atoms with Crippen LogP contribution < -0.4 is 60.2 Å². The summed E-state index contributed by atoms with van der Waals surface area (Å²) >= 11 is 1.51. The van der Waals surface area contributed by atoms with Gasteiger partial charge in [0.1, 0.15) is 42.3 Å². The SMILES string of the molecule is CSCCC(N)C(=O)NC(CCCCN)C(=O)N1CCCC1C(=O)NC(CCC(N)=O)C(=O)NC(CCC(N)=O)C(=O)NC(Cc1ccccc1)C(=O)NC(Cc1ccccc1)C(=O)NCC(=O)NC(CC(C)C)C(=O)O. The van der Waals surface area contributed by atoms with Gasteiger partial charge in [0.25, 0.3) is 0 Å². The number of carboxylic acid groups (broad SMARTS) is 1. The van der Waals surface area contributed by atoms with Crippen LogP contribution in [-0.2, 0) is 65.6 Å². The topological polar surface area (TPSA) is 400 Å². The van der Waals surface area contributed by atoms with Crippen LogP contribution in [0.4, 0.5) is 0 Å². The Kier molecular flexibility index (Phi) is 28.2. The molecule has 0 spiro atoms. The van der Waals surface area contributed by atoms with Crippen molar-refractivity contribution in [2.45, 2.75) is 146 Å². The second-order valence-corrected chi connectivity index (χ2v) is 20.3. The first kappa shape index (κ1) is 64.2. The van der Waals surface area contributed by atoms with Crippen molar-refractivity contribution in [3.63, 3.8) is 0 Å². The predicted molar refractivity (Wildman–Crippen MR) is 287 cm³/mol. The molecule has 25 heteroatoms. The molecule has 0 saturated carbocycles. The minimum atomic E-state index is -1.59. The van der Waals surface area contributed by atoms with Crippen molar-refractivity contribution in [1.29, 1.82) is 0 Å². The van der Waals surface area contributed by atoms with Crippen LogP contribution >= 0.6 is 11.8 Å². The highest BCUT2D eigenvalue weighted by Gasteiger charge is 2.40. The van der Waals surface area contributed by atoms with Crippen molar-refractivity contribution < 1.29 is 57.8 Å². The maximum atomic E-state index is 14.4. The summed E-state index contributed by atoms with van der Waals surface area (Å²) in [6.45, 7) is 3.44. The summed E-state index contributed by atoms with van der Waals surface area (Å²) in [5.74, 6) is -8.64. The van der Waals surface area contributed by atoms with Crippen LogP contribution in [0.5, 0.6) is 0 Å². The first-order valence-electron chi connectivity index (χ1n) is 25.8. The Morgan fingerprint density at radius 3 is 1.65 bits per heavy atom. The van der Waals surface area contributed by atoms with Crippen LogP contribution in [0.15, 0.2) is 60.7 Å². The molecule has 1 saturated heterocycles. The van der Waals surface area contributed by atoms with E-state index in [0.29, 0.717) is 49.1 Å². The van der Waals surface area contributed by atoms with E-state index in [2.05, 4.69) is 37.2 Å². The summed E-state index contributed by atoms with van der Waals surface area (Å²) in [5, 5.41) is 27.7. The van der Waals surface area contributed by atoms with Gasteiger partial charge in [0.05, 0.1) is 12.6 Å². The number of carbonyl (C=O) groups excluding carboxylic acids is 10. The van der Waals surface area contributed by atoms with Crippen molar-refractivity contribution in [1.82, 2.24) is 42.1 Å². The molecule has 16 N–H and O–H groups in total. The lowest BCUT2D eigenvalue weighted by atomic mass is 10.0. The van der Waals surface area contributed by atoms with E-state index in [9.17, 15) is 57.8 Å². The van der Waals surface area contributed by atoms with Crippen LogP contribution in [-0.4, -0.2) is 155 Å². The monoisotopic (exact) mass is 1090 g/mol. The molecule has 8 unspecified atom stereocenters. The number of nitrogens with one attached hydrogen (secondary N) is 7. The third-order valence-corrected chi connectivity index (χ3v) is 13.2. The molecule has 2 aromatic carbocycles. The fourth-order valence-corrected chi connectivity index (χ4v) is 8.94. The number of amides is 10. The molecule has 77 heavy (non-hydrogen) atoms. The van der Waals surface area contributed by atoms with E-state index in [1.807, 2.05) is 6.26 Å².